The highest BCUT2D eigenvalue weighted by Crippen LogP contribution is 2.29. The van der Waals surface area contributed by atoms with Gasteiger partial charge in [0.25, 0.3) is 0 Å². The molecule has 0 aliphatic carbocycles. The molecule has 0 aromatic carbocycles. The molecule has 0 aliphatic rings. The van der Waals surface area contributed by atoms with E-state index in [-0.39, 0.29) is 12.4 Å². The Morgan fingerprint density at radius 1 is 1.32 bits per heavy atom. The fraction of sp³-hybridized carbons (Fsp3) is 0.273. The van der Waals surface area contributed by atoms with Gasteiger partial charge in [-0.25, -0.2) is 9.97 Å². The van der Waals surface area contributed by atoms with E-state index in [1.54, 1.807) is 19.1 Å². The highest BCUT2D eigenvalue weighted by atomic mass is 35.5. The Morgan fingerprint density at radius 2 is 2.05 bits per heavy atom. The fourth-order valence-electron chi connectivity index (χ4n) is 1.41. The molecule has 0 atom stereocenters. The first kappa shape index (κ1) is 13.7. The van der Waals surface area contributed by atoms with Crippen molar-refractivity contribution in [3.8, 4) is 0 Å². The second-order valence-electron chi connectivity index (χ2n) is 3.77. The zero-order chi connectivity index (χ0) is 14.0. The molecule has 19 heavy (non-hydrogen) atoms. The third-order valence-electron chi connectivity index (χ3n) is 2.23. The van der Waals surface area contributed by atoms with Crippen molar-refractivity contribution < 1.29 is 17.6 Å². The summed E-state index contributed by atoms with van der Waals surface area (Å²) in [6.07, 6.45) is -4.57. The number of anilines is 1. The van der Waals surface area contributed by atoms with Gasteiger partial charge in [-0.05, 0) is 30.7 Å². The van der Waals surface area contributed by atoms with Gasteiger partial charge in [-0.1, -0.05) is 0 Å². The smallest absolute Gasteiger partial charge is 0.433 e. The van der Waals surface area contributed by atoms with Crippen LogP contribution in [0, 0.1) is 6.92 Å². The minimum absolute atomic E-state index is 0.0126. The van der Waals surface area contributed by atoms with Crippen molar-refractivity contribution in [3.05, 3.63) is 40.7 Å². The molecule has 0 saturated carbocycles. The van der Waals surface area contributed by atoms with Crippen LogP contribution in [0.15, 0.2) is 22.6 Å². The molecule has 0 amide bonds. The van der Waals surface area contributed by atoms with E-state index in [9.17, 15) is 13.2 Å². The third-order valence-corrected chi connectivity index (χ3v) is 2.40. The molecular weight excluding hydrogens is 283 g/mol. The minimum atomic E-state index is -4.57. The molecule has 102 valence electrons. The van der Waals surface area contributed by atoms with E-state index < -0.39 is 17.2 Å². The molecule has 0 spiro atoms. The first-order chi connectivity index (χ1) is 8.84. The van der Waals surface area contributed by atoms with Crippen LogP contribution in [0.2, 0.25) is 5.28 Å². The summed E-state index contributed by atoms with van der Waals surface area (Å²) in [6, 6.07) is 4.27. The Kier molecular flexibility index (Phi) is 3.66. The number of nitrogens with zero attached hydrogens (tertiary/aromatic N) is 2. The van der Waals surface area contributed by atoms with E-state index in [0.717, 1.165) is 6.07 Å². The lowest BCUT2D eigenvalue weighted by atomic mass is 10.3. The molecule has 0 aliphatic heterocycles. The highest BCUT2D eigenvalue weighted by Gasteiger charge is 2.33. The number of aromatic nitrogens is 2. The number of halogens is 4. The molecule has 2 rings (SSSR count). The molecule has 2 heterocycles. The molecule has 0 saturated heterocycles. The van der Waals surface area contributed by atoms with Crippen LogP contribution in [0.3, 0.4) is 0 Å². The van der Waals surface area contributed by atoms with Crippen LogP contribution >= 0.6 is 11.6 Å². The van der Waals surface area contributed by atoms with Gasteiger partial charge in [-0.15, -0.1) is 0 Å². The molecule has 4 nitrogen and oxygen atoms in total. The molecule has 2 aromatic rings. The van der Waals surface area contributed by atoms with E-state index in [1.807, 2.05) is 0 Å². The van der Waals surface area contributed by atoms with Crippen LogP contribution < -0.4 is 5.32 Å². The summed E-state index contributed by atoms with van der Waals surface area (Å²) in [6.45, 7) is 1.98. The average molecular weight is 292 g/mol. The summed E-state index contributed by atoms with van der Waals surface area (Å²) in [5.41, 5.74) is -1.09. The molecule has 1 N–H and O–H groups in total. The maximum Gasteiger partial charge on any atom is 0.433 e. The Hall–Kier alpha value is -1.76. The highest BCUT2D eigenvalue weighted by molar-refractivity contribution is 6.28. The van der Waals surface area contributed by atoms with Gasteiger partial charge < -0.3 is 9.73 Å². The Labute approximate surface area is 111 Å². The van der Waals surface area contributed by atoms with Gasteiger partial charge in [0.05, 0.1) is 6.54 Å². The van der Waals surface area contributed by atoms with E-state index >= 15 is 0 Å². The molecule has 0 unspecified atom stereocenters. The van der Waals surface area contributed by atoms with E-state index in [0.29, 0.717) is 11.5 Å². The molecular formula is C11H9ClF3N3O. The molecule has 0 fully saturated rings. The Bertz CT molecular complexity index is 583. The summed E-state index contributed by atoms with van der Waals surface area (Å²) < 4.78 is 42.8. The lowest BCUT2D eigenvalue weighted by Crippen LogP contribution is -2.11. The van der Waals surface area contributed by atoms with Gasteiger partial charge in [-0.2, -0.15) is 13.2 Å². The number of alkyl halides is 3. The normalized spacial score (nSPS) is 11.6. The second-order valence-corrected chi connectivity index (χ2v) is 4.11. The van der Waals surface area contributed by atoms with Gasteiger partial charge in [0.2, 0.25) is 5.28 Å². The van der Waals surface area contributed by atoms with E-state index in [2.05, 4.69) is 15.3 Å². The maximum absolute atomic E-state index is 12.5. The Balaban J connectivity index is 2.14. The van der Waals surface area contributed by atoms with Crippen molar-refractivity contribution >= 4 is 17.4 Å². The van der Waals surface area contributed by atoms with Gasteiger partial charge in [-0.3, -0.25) is 0 Å². The zero-order valence-corrected chi connectivity index (χ0v) is 10.5. The van der Waals surface area contributed by atoms with Crippen LogP contribution in [-0.2, 0) is 12.7 Å². The first-order valence-corrected chi connectivity index (χ1v) is 5.63. The van der Waals surface area contributed by atoms with Gasteiger partial charge in [0, 0.05) is 6.07 Å². The topological polar surface area (TPSA) is 51.0 Å². The fourth-order valence-corrected chi connectivity index (χ4v) is 1.59. The lowest BCUT2D eigenvalue weighted by Gasteiger charge is -2.09. The van der Waals surface area contributed by atoms with Crippen molar-refractivity contribution in [2.75, 3.05) is 5.32 Å². The van der Waals surface area contributed by atoms with Crippen molar-refractivity contribution in [1.82, 2.24) is 9.97 Å². The quantitative estimate of drug-likeness (QED) is 0.877. The van der Waals surface area contributed by atoms with Crippen molar-refractivity contribution in [3.63, 3.8) is 0 Å². The summed E-state index contributed by atoms with van der Waals surface area (Å²) in [5.74, 6) is 1.29. The largest absolute Gasteiger partial charge is 0.465 e. The molecule has 0 radical (unpaired) electrons. The van der Waals surface area contributed by atoms with Crippen LogP contribution in [0.25, 0.3) is 0 Å². The van der Waals surface area contributed by atoms with Gasteiger partial charge in [0.15, 0.2) is 5.69 Å². The Morgan fingerprint density at radius 3 is 2.63 bits per heavy atom. The molecule has 0 bridgehead atoms. The number of rotatable bonds is 3. The maximum atomic E-state index is 12.5. The van der Waals surface area contributed by atoms with E-state index in [1.165, 1.54) is 0 Å². The zero-order valence-electron chi connectivity index (χ0n) is 9.75. The SMILES string of the molecule is Cc1ccc(CNc2cc(C(F)(F)F)nc(Cl)n2)o1. The summed E-state index contributed by atoms with van der Waals surface area (Å²) in [4.78, 5) is 6.80. The number of aryl methyl sites for hydroxylation is 1. The number of hydrogen-bond donors (Lipinski definition) is 1. The summed E-state index contributed by atoms with van der Waals surface area (Å²) in [5, 5.41) is 2.23. The number of nitrogens with one attached hydrogen (secondary N) is 1. The van der Waals surface area contributed by atoms with Crippen molar-refractivity contribution in [2.24, 2.45) is 0 Å². The predicted molar refractivity (Wildman–Crippen MR) is 62.8 cm³/mol. The second kappa shape index (κ2) is 5.08. The van der Waals surface area contributed by atoms with Crippen LogP contribution in [0.5, 0.6) is 0 Å². The minimum Gasteiger partial charge on any atom is -0.465 e. The van der Waals surface area contributed by atoms with Crippen LogP contribution in [0.1, 0.15) is 17.2 Å². The molecule has 2 aromatic heterocycles. The third kappa shape index (κ3) is 3.60. The summed E-state index contributed by atoms with van der Waals surface area (Å²) >= 11 is 5.46. The average Bonchev–Trinajstić information content (AvgIpc) is 2.71. The van der Waals surface area contributed by atoms with Gasteiger partial charge >= 0.3 is 6.18 Å². The first-order valence-electron chi connectivity index (χ1n) is 5.25. The lowest BCUT2D eigenvalue weighted by molar-refractivity contribution is -0.141. The standard InChI is InChI=1S/C11H9ClF3N3O/c1-6-2-3-7(19-6)5-16-9-4-8(11(13,14)15)17-10(12)18-9/h2-4H,5H2,1H3,(H,16,17,18). The monoisotopic (exact) mass is 291 g/mol. The van der Waals surface area contributed by atoms with Gasteiger partial charge in [0.1, 0.15) is 17.3 Å². The van der Waals surface area contributed by atoms with Crippen molar-refractivity contribution in [2.45, 2.75) is 19.6 Å². The van der Waals surface area contributed by atoms with Crippen LogP contribution in [0.4, 0.5) is 19.0 Å². The van der Waals surface area contributed by atoms with E-state index in [4.69, 9.17) is 16.0 Å². The number of hydrogen-bond acceptors (Lipinski definition) is 4. The number of furan rings is 1. The van der Waals surface area contributed by atoms with Crippen molar-refractivity contribution in [1.29, 1.82) is 0 Å². The molecule has 8 heteroatoms. The van der Waals surface area contributed by atoms with Crippen LogP contribution in [-0.4, -0.2) is 9.97 Å². The summed E-state index contributed by atoms with van der Waals surface area (Å²) in [7, 11) is 0. The predicted octanol–water partition coefficient (Wildman–Crippen LogP) is 3.66.